The van der Waals surface area contributed by atoms with Gasteiger partial charge in [0.15, 0.2) is 0 Å². The van der Waals surface area contributed by atoms with Gasteiger partial charge < -0.3 is 4.90 Å². The van der Waals surface area contributed by atoms with Gasteiger partial charge in [0.05, 0.1) is 11.7 Å². The quantitative estimate of drug-likeness (QED) is 0.432. The molecule has 1 aliphatic carbocycles. The summed E-state index contributed by atoms with van der Waals surface area (Å²) in [6, 6.07) is -0.165. The Hall–Kier alpha value is -1.28. The van der Waals surface area contributed by atoms with Crippen molar-refractivity contribution in [2.45, 2.75) is 38.1 Å². The number of hydroxylamine groups is 1. The molecule has 124 valence electrons. The van der Waals surface area contributed by atoms with E-state index in [0.717, 1.165) is 37.9 Å². The highest BCUT2D eigenvalue weighted by atomic mass is 32.2. The first-order valence-corrected chi connectivity index (χ1v) is 8.80. The number of thioether (sulfide) groups is 1. The fraction of sp³-hybridized carbons (Fsp3) is 0.786. The SMILES string of the molecule is CN1C(=O)C2CCCCC2N(CCCSCC(=O)NO)C1=O. The molecule has 0 radical (unpaired) electrons. The van der Waals surface area contributed by atoms with E-state index >= 15 is 0 Å². The third-order valence-electron chi connectivity index (χ3n) is 4.36. The molecule has 0 spiro atoms. The van der Waals surface area contributed by atoms with Crippen molar-refractivity contribution in [3.05, 3.63) is 0 Å². The van der Waals surface area contributed by atoms with Gasteiger partial charge in [0.2, 0.25) is 5.91 Å². The van der Waals surface area contributed by atoms with Crippen LogP contribution in [0.25, 0.3) is 0 Å². The highest BCUT2D eigenvalue weighted by Crippen LogP contribution is 2.34. The first-order valence-electron chi connectivity index (χ1n) is 7.65. The molecule has 0 aromatic carbocycles. The maximum atomic E-state index is 12.3. The Labute approximate surface area is 134 Å². The van der Waals surface area contributed by atoms with Gasteiger partial charge in [-0.05, 0) is 25.0 Å². The van der Waals surface area contributed by atoms with Crippen molar-refractivity contribution in [1.82, 2.24) is 15.3 Å². The summed E-state index contributed by atoms with van der Waals surface area (Å²) in [7, 11) is 1.56. The standard InChI is InChI=1S/C14H23N3O4S/c1-16-13(19)10-5-2-3-6-11(10)17(14(16)20)7-4-8-22-9-12(18)15-21/h10-11,21H,2-9H2,1H3,(H,15,18). The molecule has 2 aliphatic rings. The molecular weight excluding hydrogens is 306 g/mol. The molecule has 1 saturated carbocycles. The van der Waals surface area contributed by atoms with Crippen LogP contribution in [0.5, 0.6) is 0 Å². The number of rotatable bonds is 6. The number of carbonyl (C=O) groups is 3. The Morgan fingerprint density at radius 2 is 2.09 bits per heavy atom. The van der Waals surface area contributed by atoms with E-state index in [4.69, 9.17) is 5.21 Å². The smallest absolute Gasteiger partial charge is 0.320 e. The lowest BCUT2D eigenvalue weighted by atomic mass is 9.81. The summed E-state index contributed by atoms with van der Waals surface area (Å²) < 4.78 is 0. The van der Waals surface area contributed by atoms with E-state index in [1.165, 1.54) is 16.7 Å². The highest BCUT2D eigenvalue weighted by Gasteiger charge is 2.45. The molecule has 0 aromatic rings. The van der Waals surface area contributed by atoms with Gasteiger partial charge in [-0.15, -0.1) is 0 Å². The van der Waals surface area contributed by atoms with Gasteiger partial charge in [-0.2, -0.15) is 11.8 Å². The minimum atomic E-state index is -0.420. The second kappa shape index (κ2) is 7.82. The lowest BCUT2D eigenvalue weighted by Gasteiger charge is -2.46. The van der Waals surface area contributed by atoms with Crippen LogP contribution in [0.2, 0.25) is 0 Å². The number of imide groups is 1. The Morgan fingerprint density at radius 1 is 1.36 bits per heavy atom. The van der Waals surface area contributed by atoms with E-state index in [9.17, 15) is 14.4 Å². The van der Waals surface area contributed by atoms with E-state index < -0.39 is 5.91 Å². The van der Waals surface area contributed by atoms with Crippen LogP contribution in [0.3, 0.4) is 0 Å². The monoisotopic (exact) mass is 329 g/mol. The van der Waals surface area contributed by atoms with Crippen LogP contribution < -0.4 is 5.48 Å². The van der Waals surface area contributed by atoms with E-state index in [1.807, 2.05) is 4.90 Å². The van der Waals surface area contributed by atoms with Crippen molar-refractivity contribution in [2.24, 2.45) is 5.92 Å². The summed E-state index contributed by atoms with van der Waals surface area (Å²) in [4.78, 5) is 38.5. The lowest BCUT2D eigenvalue weighted by Crippen LogP contribution is -2.61. The Kier molecular flexibility index (Phi) is 6.07. The molecule has 2 fully saturated rings. The molecule has 1 aliphatic heterocycles. The first kappa shape index (κ1) is 17.1. The summed E-state index contributed by atoms with van der Waals surface area (Å²) in [6.07, 6.45) is 4.64. The van der Waals surface area contributed by atoms with Crippen molar-refractivity contribution in [2.75, 3.05) is 25.1 Å². The third kappa shape index (κ3) is 3.73. The second-order valence-corrected chi connectivity index (χ2v) is 6.88. The molecule has 1 heterocycles. The molecule has 1 saturated heterocycles. The van der Waals surface area contributed by atoms with Crippen LogP contribution >= 0.6 is 11.8 Å². The number of carbonyl (C=O) groups excluding carboxylic acids is 3. The van der Waals surface area contributed by atoms with Gasteiger partial charge in [-0.3, -0.25) is 19.7 Å². The topological polar surface area (TPSA) is 90.0 Å². The number of urea groups is 1. The van der Waals surface area contributed by atoms with Gasteiger partial charge in [0.25, 0.3) is 5.91 Å². The third-order valence-corrected chi connectivity index (χ3v) is 5.40. The normalized spacial score (nSPS) is 25.2. The Morgan fingerprint density at radius 3 is 2.82 bits per heavy atom. The van der Waals surface area contributed by atoms with Crippen LogP contribution in [0.1, 0.15) is 32.1 Å². The molecule has 2 N–H and O–H groups in total. The largest absolute Gasteiger partial charge is 0.326 e. The van der Waals surface area contributed by atoms with Gasteiger partial charge >= 0.3 is 6.03 Å². The lowest BCUT2D eigenvalue weighted by molar-refractivity contribution is -0.139. The summed E-state index contributed by atoms with van der Waals surface area (Å²) in [5, 5.41) is 8.41. The summed E-state index contributed by atoms with van der Waals surface area (Å²) in [5.41, 5.74) is 1.59. The van der Waals surface area contributed by atoms with Crippen LogP contribution in [0, 0.1) is 5.92 Å². The summed E-state index contributed by atoms with van der Waals surface area (Å²) in [5.74, 6) is 0.419. The molecule has 0 aromatic heterocycles. The minimum absolute atomic E-state index is 0.0377. The van der Waals surface area contributed by atoms with E-state index in [2.05, 4.69) is 0 Å². The maximum absolute atomic E-state index is 12.3. The van der Waals surface area contributed by atoms with Gasteiger partial charge in [-0.1, -0.05) is 12.8 Å². The van der Waals surface area contributed by atoms with Crippen molar-refractivity contribution in [3.63, 3.8) is 0 Å². The zero-order valence-electron chi connectivity index (χ0n) is 12.8. The van der Waals surface area contributed by atoms with Gasteiger partial charge in [-0.25, -0.2) is 10.3 Å². The predicted molar refractivity (Wildman–Crippen MR) is 82.5 cm³/mol. The molecule has 4 amide bonds. The number of nitrogens with zero attached hydrogens (tertiary/aromatic N) is 2. The molecule has 8 heteroatoms. The van der Waals surface area contributed by atoms with Crippen molar-refractivity contribution >= 4 is 29.6 Å². The Balaban J connectivity index is 1.86. The first-order chi connectivity index (χ1) is 10.6. The second-order valence-electron chi connectivity index (χ2n) is 5.77. The summed E-state index contributed by atoms with van der Waals surface area (Å²) >= 11 is 1.42. The summed E-state index contributed by atoms with van der Waals surface area (Å²) in [6.45, 7) is 0.603. The molecule has 2 atom stereocenters. The predicted octanol–water partition coefficient (Wildman–Crippen LogP) is 1.07. The number of hydrogen-bond acceptors (Lipinski definition) is 5. The average Bonchev–Trinajstić information content (AvgIpc) is 2.55. The highest BCUT2D eigenvalue weighted by molar-refractivity contribution is 7.99. The minimum Gasteiger partial charge on any atom is -0.320 e. The molecule has 2 unspecified atom stereocenters. The number of amides is 4. The molecule has 7 nitrogen and oxygen atoms in total. The fourth-order valence-corrected chi connectivity index (χ4v) is 3.97. The van der Waals surface area contributed by atoms with Crippen LogP contribution in [-0.2, 0) is 9.59 Å². The number of hydrogen-bond donors (Lipinski definition) is 2. The number of nitrogens with one attached hydrogen (secondary N) is 1. The van der Waals surface area contributed by atoms with Crippen molar-refractivity contribution in [3.8, 4) is 0 Å². The molecular formula is C14H23N3O4S. The van der Waals surface area contributed by atoms with Gasteiger partial charge in [0, 0.05) is 19.6 Å². The zero-order chi connectivity index (χ0) is 16.1. The average molecular weight is 329 g/mol. The van der Waals surface area contributed by atoms with Crippen molar-refractivity contribution < 1.29 is 19.6 Å². The van der Waals surface area contributed by atoms with Crippen LogP contribution in [0.4, 0.5) is 4.79 Å². The van der Waals surface area contributed by atoms with Crippen LogP contribution in [0.15, 0.2) is 0 Å². The van der Waals surface area contributed by atoms with E-state index in [0.29, 0.717) is 6.54 Å². The van der Waals surface area contributed by atoms with E-state index in [-0.39, 0.29) is 29.7 Å². The molecule has 22 heavy (non-hydrogen) atoms. The zero-order valence-corrected chi connectivity index (χ0v) is 13.6. The fourth-order valence-electron chi connectivity index (χ4n) is 3.25. The molecule has 0 bridgehead atoms. The maximum Gasteiger partial charge on any atom is 0.326 e. The van der Waals surface area contributed by atoms with Crippen LogP contribution in [-0.4, -0.2) is 64.0 Å². The van der Waals surface area contributed by atoms with Gasteiger partial charge in [0.1, 0.15) is 0 Å². The number of fused-ring (bicyclic) bond motifs is 1. The molecule has 2 rings (SSSR count). The Bertz CT molecular complexity index is 446. The van der Waals surface area contributed by atoms with Crippen molar-refractivity contribution in [1.29, 1.82) is 0 Å². The van der Waals surface area contributed by atoms with E-state index in [1.54, 1.807) is 12.5 Å².